The molecule has 1 N–H and O–H groups in total. The van der Waals surface area contributed by atoms with Crippen LogP contribution in [0.15, 0.2) is 22.9 Å². The van der Waals surface area contributed by atoms with Gasteiger partial charge in [-0.1, -0.05) is 0 Å². The van der Waals surface area contributed by atoms with Crippen molar-refractivity contribution in [2.24, 2.45) is 0 Å². The van der Waals surface area contributed by atoms with Crippen molar-refractivity contribution in [3.63, 3.8) is 0 Å². The first-order chi connectivity index (χ1) is 7.66. The third-order valence-corrected chi connectivity index (χ3v) is 3.04. The van der Waals surface area contributed by atoms with Crippen LogP contribution < -0.4 is 5.32 Å². The van der Waals surface area contributed by atoms with E-state index in [0.29, 0.717) is 11.6 Å². The normalized spacial score (nSPS) is 18.6. The molecule has 0 unspecified atom stereocenters. The number of piperazine rings is 1. The van der Waals surface area contributed by atoms with Crippen LogP contribution in [-0.2, 0) is 0 Å². The minimum atomic E-state index is 0. The number of carbonyl (C=O) groups is 1. The van der Waals surface area contributed by atoms with E-state index in [9.17, 15) is 4.79 Å². The smallest absolute Gasteiger partial charge is 0.255 e. The Kier molecular flexibility index (Phi) is 7.78. The summed E-state index contributed by atoms with van der Waals surface area (Å²) in [6, 6.07) is 2.17. The number of rotatable bonds is 1. The molecule has 0 saturated carbocycles. The predicted octanol–water partition coefficient (Wildman–Crippen LogP) is 2.12. The van der Waals surface area contributed by atoms with Gasteiger partial charge in [-0.2, -0.15) is 0 Å². The van der Waals surface area contributed by atoms with Gasteiger partial charge < -0.3 is 10.2 Å². The summed E-state index contributed by atoms with van der Waals surface area (Å²) in [4.78, 5) is 18.0. The number of nitrogens with one attached hydrogen (secondary N) is 1. The molecule has 1 saturated heterocycles. The minimum absolute atomic E-state index is 0. The third kappa shape index (κ3) is 4.39. The first-order valence-corrected chi connectivity index (χ1v) is 6.09. The van der Waals surface area contributed by atoms with Gasteiger partial charge in [-0.25, -0.2) is 0 Å². The molecule has 0 bridgehead atoms. The Morgan fingerprint density at radius 3 is 2.83 bits per heavy atom. The fourth-order valence-electron chi connectivity index (χ4n) is 1.83. The lowest BCUT2D eigenvalue weighted by molar-refractivity contribution is 0.0708. The first-order valence-electron chi connectivity index (χ1n) is 5.30. The standard InChI is InChI=1S/C11H14BrN3O.2ClH/c1-8-7-15(3-2-14-8)11(16)9-4-10(12)6-13-5-9;;/h4-6,8,14H,2-3,7H2,1H3;2*1H/t8-;;/m1../s1. The zero-order chi connectivity index (χ0) is 11.5. The summed E-state index contributed by atoms with van der Waals surface area (Å²) in [5.41, 5.74) is 0.642. The molecular weight excluding hydrogens is 341 g/mol. The average molecular weight is 357 g/mol. The first kappa shape index (κ1) is 17.6. The summed E-state index contributed by atoms with van der Waals surface area (Å²) in [6.45, 7) is 4.45. The lowest BCUT2D eigenvalue weighted by Crippen LogP contribution is -2.51. The number of hydrogen-bond donors (Lipinski definition) is 1. The van der Waals surface area contributed by atoms with E-state index in [2.05, 4.69) is 33.2 Å². The maximum atomic E-state index is 12.1. The Balaban J connectivity index is 0.00000144. The molecule has 1 aromatic heterocycles. The van der Waals surface area contributed by atoms with Gasteiger partial charge in [0.1, 0.15) is 0 Å². The van der Waals surface area contributed by atoms with Crippen LogP contribution in [0.2, 0.25) is 0 Å². The Morgan fingerprint density at radius 1 is 1.50 bits per heavy atom. The molecule has 1 aliphatic rings. The molecule has 0 spiro atoms. The van der Waals surface area contributed by atoms with Crippen LogP contribution in [0.3, 0.4) is 0 Å². The molecule has 1 aliphatic heterocycles. The van der Waals surface area contributed by atoms with Gasteiger partial charge >= 0.3 is 0 Å². The number of amides is 1. The van der Waals surface area contributed by atoms with Crippen molar-refractivity contribution in [2.45, 2.75) is 13.0 Å². The minimum Gasteiger partial charge on any atom is -0.336 e. The number of nitrogens with zero attached hydrogens (tertiary/aromatic N) is 2. The van der Waals surface area contributed by atoms with Crippen LogP contribution in [0.4, 0.5) is 0 Å². The van der Waals surface area contributed by atoms with Gasteiger partial charge in [0.2, 0.25) is 0 Å². The summed E-state index contributed by atoms with van der Waals surface area (Å²) >= 11 is 3.32. The fourth-order valence-corrected chi connectivity index (χ4v) is 2.19. The summed E-state index contributed by atoms with van der Waals surface area (Å²) in [5, 5.41) is 3.31. The highest BCUT2D eigenvalue weighted by atomic mass is 79.9. The summed E-state index contributed by atoms with van der Waals surface area (Å²) in [7, 11) is 0. The second kappa shape index (κ2) is 7.94. The third-order valence-electron chi connectivity index (χ3n) is 2.61. The van der Waals surface area contributed by atoms with Crippen LogP contribution in [0.25, 0.3) is 0 Å². The van der Waals surface area contributed by atoms with E-state index in [1.54, 1.807) is 12.4 Å². The van der Waals surface area contributed by atoms with E-state index in [0.717, 1.165) is 24.1 Å². The van der Waals surface area contributed by atoms with Gasteiger partial charge in [0, 0.05) is 42.5 Å². The average Bonchev–Trinajstić information content (AvgIpc) is 2.28. The Morgan fingerprint density at radius 2 is 2.22 bits per heavy atom. The summed E-state index contributed by atoms with van der Waals surface area (Å²) < 4.78 is 0.835. The van der Waals surface area contributed by atoms with Crippen LogP contribution >= 0.6 is 40.7 Å². The van der Waals surface area contributed by atoms with Crippen molar-refractivity contribution >= 4 is 46.7 Å². The van der Waals surface area contributed by atoms with E-state index in [-0.39, 0.29) is 30.7 Å². The molecule has 7 heteroatoms. The maximum absolute atomic E-state index is 12.1. The number of pyridine rings is 1. The molecule has 4 nitrogen and oxygen atoms in total. The highest BCUT2D eigenvalue weighted by molar-refractivity contribution is 9.10. The van der Waals surface area contributed by atoms with Gasteiger partial charge in [-0.3, -0.25) is 9.78 Å². The van der Waals surface area contributed by atoms with Gasteiger partial charge in [-0.05, 0) is 28.9 Å². The van der Waals surface area contributed by atoms with Crippen LogP contribution in [0.5, 0.6) is 0 Å². The SMILES string of the molecule is C[C@@H]1CN(C(=O)c2cncc(Br)c2)CCN1.Cl.Cl. The van der Waals surface area contributed by atoms with Crippen molar-refractivity contribution in [1.29, 1.82) is 0 Å². The molecule has 1 aromatic rings. The molecule has 18 heavy (non-hydrogen) atoms. The van der Waals surface area contributed by atoms with Crippen LogP contribution in [0, 0.1) is 0 Å². The zero-order valence-corrected chi connectivity index (χ0v) is 13.1. The molecule has 0 aromatic carbocycles. The van der Waals surface area contributed by atoms with Crippen molar-refractivity contribution < 1.29 is 4.79 Å². The lowest BCUT2D eigenvalue weighted by atomic mass is 10.2. The van der Waals surface area contributed by atoms with Gasteiger partial charge in [0.25, 0.3) is 5.91 Å². The monoisotopic (exact) mass is 355 g/mol. The largest absolute Gasteiger partial charge is 0.336 e. The van der Waals surface area contributed by atoms with Crippen molar-refractivity contribution in [1.82, 2.24) is 15.2 Å². The number of carbonyl (C=O) groups excluding carboxylic acids is 1. The highest BCUT2D eigenvalue weighted by Gasteiger charge is 2.21. The van der Waals surface area contributed by atoms with Crippen LogP contribution in [0.1, 0.15) is 17.3 Å². The fraction of sp³-hybridized carbons (Fsp3) is 0.455. The number of aromatic nitrogens is 1. The predicted molar refractivity (Wildman–Crippen MR) is 79.8 cm³/mol. The quantitative estimate of drug-likeness (QED) is 0.838. The Bertz CT molecular complexity index is 406. The van der Waals surface area contributed by atoms with Crippen LogP contribution in [-0.4, -0.2) is 41.5 Å². The van der Waals surface area contributed by atoms with Gasteiger partial charge in [0.05, 0.1) is 5.56 Å². The van der Waals surface area contributed by atoms with E-state index >= 15 is 0 Å². The highest BCUT2D eigenvalue weighted by Crippen LogP contribution is 2.12. The van der Waals surface area contributed by atoms with Crippen molar-refractivity contribution in [3.05, 3.63) is 28.5 Å². The molecule has 1 amide bonds. The molecule has 2 heterocycles. The van der Waals surface area contributed by atoms with E-state index in [1.165, 1.54) is 0 Å². The topological polar surface area (TPSA) is 45.2 Å². The Labute approximate surface area is 127 Å². The van der Waals surface area contributed by atoms with E-state index < -0.39 is 0 Å². The maximum Gasteiger partial charge on any atom is 0.255 e. The molecule has 0 radical (unpaired) electrons. The van der Waals surface area contributed by atoms with Crippen molar-refractivity contribution in [2.75, 3.05) is 19.6 Å². The summed E-state index contributed by atoms with van der Waals surface area (Å²) in [5.74, 6) is 0.0575. The molecule has 2 rings (SSSR count). The molecule has 102 valence electrons. The zero-order valence-electron chi connectivity index (χ0n) is 9.93. The van der Waals surface area contributed by atoms with Gasteiger partial charge in [0.15, 0.2) is 0 Å². The lowest BCUT2D eigenvalue weighted by Gasteiger charge is -2.31. The number of hydrogen-bond acceptors (Lipinski definition) is 3. The second-order valence-corrected chi connectivity index (χ2v) is 4.91. The van der Waals surface area contributed by atoms with Gasteiger partial charge in [-0.15, -0.1) is 24.8 Å². The summed E-state index contributed by atoms with van der Waals surface area (Å²) in [6.07, 6.45) is 3.29. The second-order valence-electron chi connectivity index (χ2n) is 4.00. The Hall–Kier alpha value is -0.360. The molecular formula is C11H16BrCl2N3O. The molecule has 1 atom stereocenters. The van der Waals surface area contributed by atoms with E-state index in [1.807, 2.05) is 11.0 Å². The molecule has 1 fully saturated rings. The van der Waals surface area contributed by atoms with E-state index in [4.69, 9.17) is 0 Å². The molecule has 0 aliphatic carbocycles. The van der Waals surface area contributed by atoms with Crippen molar-refractivity contribution in [3.8, 4) is 0 Å². The number of halogens is 3.